The van der Waals surface area contributed by atoms with Crippen LogP contribution in [0.4, 0.5) is 0 Å². The Labute approximate surface area is 179 Å². The molecule has 0 aliphatic carbocycles. The van der Waals surface area contributed by atoms with Crippen LogP contribution in [-0.4, -0.2) is 40.1 Å². The predicted molar refractivity (Wildman–Crippen MR) is 113 cm³/mol. The van der Waals surface area contributed by atoms with E-state index in [1.165, 1.54) is 7.11 Å². The van der Waals surface area contributed by atoms with E-state index in [0.717, 1.165) is 11.3 Å². The van der Waals surface area contributed by atoms with Crippen molar-refractivity contribution in [1.29, 1.82) is 0 Å². The molecule has 0 saturated carbocycles. The number of nitrogens with one attached hydrogen (secondary N) is 1. The number of carbonyl (C=O) groups excluding carboxylic acids is 2. The minimum Gasteiger partial charge on any atom is -0.496 e. The Balaban J connectivity index is 1.45. The number of rotatable bonds is 5. The second kappa shape index (κ2) is 8.59. The van der Waals surface area contributed by atoms with E-state index in [2.05, 4.69) is 10.4 Å². The van der Waals surface area contributed by atoms with Crippen LogP contribution in [0.2, 0.25) is 5.02 Å². The van der Waals surface area contributed by atoms with Gasteiger partial charge in [0.2, 0.25) is 0 Å². The molecule has 8 heteroatoms. The van der Waals surface area contributed by atoms with Gasteiger partial charge in [0.1, 0.15) is 5.75 Å². The Morgan fingerprint density at radius 2 is 1.93 bits per heavy atom. The summed E-state index contributed by atoms with van der Waals surface area (Å²) in [6.45, 7) is 1.81. The van der Waals surface area contributed by atoms with E-state index < -0.39 is 0 Å². The van der Waals surface area contributed by atoms with Crippen LogP contribution in [0.1, 0.15) is 32.1 Å². The third-order valence-corrected chi connectivity index (χ3v) is 5.24. The van der Waals surface area contributed by atoms with Gasteiger partial charge in [0.25, 0.3) is 11.8 Å². The van der Waals surface area contributed by atoms with E-state index in [1.54, 1.807) is 33.8 Å². The molecular weight excluding hydrogens is 404 g/mol. The maximum absolute atomic E-state index is 13.0. The van der Waals surface area contributed by atoms with E-state index in [9.17, 15) is 9.59 Å². The maximum Gasteiger partial charge on any atom is 0.272 e. The molecule has 7 nitrogen and oxygen atoms in total. The van der Waals surface area contributed by atoms with Crippen molar-refractivity contribution in [3.8, 4) is 5.75 Å². The first kappa shape index (κ1) is 20.0. The zero-order valence-electron chi connectivity index (χ0n) is 16.5. The Kier molecular flexibility index (Phi) is 5.72. The number of halogens is 1. The molecule has 1 aliphatic heterocycles. The van der Waals surface area contributed by atoms with Gasteiger partial charge >= 0.3 is 0 Å². The summed E-state index contributed by atoms with van der Waals surface area (Å²) < 4.78 is 7.08. The van der Waals surface area contributed by atoms with Crippen molar-refractivity contribution in [1.82, 2.24) is 20.0 Å². The summed E-state index contributed by atoms with van der Waals surface area (Å²) in [5.74, 6) is 0.0524. The minimum absolute atomic E-state index is 0.147. The van der Waals surface area contributed by atoms with Crippen LogP contribution in [0, 0.1) is 0 Å². The molecule has 4 rings (SSSR count). The van der Waals surface area contributed by atoms with Gasteiger partial charge in [-0.3, -0.25) is 14.3 Å². The Morgan fingerprint density at radius 3 is 2.70 bits per heavy atom. The lowest BCUT2D eigenvalue weighted by Crippen LogP contribution is -2.38. The summed E-state index contributed by atoms with van der Waals surface area (Å²) in [6, 6.07) is 16.4. The zero-order valence-corrected chi connectivity index (χ0v) is 17.2. The number of methoxy groups -OCH3 is 1. The summed E-state index contributed by atoms with van der Waals surface area (Å²) in [4.78, 5) is 27.2. The third kappa shape index (κ3) is 4.16. The highest BCUT2D eigenvalue weighted by atomic mass is 35.5. The second-order valence-electron chi connectivity index (χ2n) is 6.98. The lowest BCUT2D eigenvalue weighted by atomic mass is 10.1. The quantitative estimate of drug-likeness (QED) is 0.682. The van der Waals surface area contributed by atoms with Crippen molar-refractivity contribution in [3.05, 3.63) is 82.1 Å². The monoisotopic (exact) mass is 424 g/mol. The zero-order chi connectivity index (χ0) is 21.1. The minimum atomic E-state index is -0.238. The van der Waals surface area contributed by atoms with Crippen molar-refractivity contribution in [3.63, 3.8) is 0 Å². The van der Waals surface area contributed by atoms with Crippen LogP contribution in [0.15, 0.2) is 54.6 Å². The molecule has 2 amide bonds. The highest BCUT2D eigenvalue weighted by molar-refractivity contribution is 6.30. The van der Waals surface area contributed by atoms with Crippen molar-refractivity contribution >= 4 is 23.4 Å². The standard InChI is InChI=1S/C22H21ClN4O3/c1-30-20-11-16(23)7-8-18(20)22(29)26-9-10-27-17(14-26)12-19(25-27)21(28)24-13-15-5-3-2-4-6-15/h2-8,11-12H,9-10,13-14H2,1H3,(H,24,28). The molecular formula is C22H21ClN4O3. The fraction of sp³-hybridized carbons (Fsp3) is 0.227. The van der Waals surface area contributed by atoms with Gasteiger partial charge < -0.3 is 15.0 Å². The summed E-state index contributed by atoms with van der Waals surface area (Å²) >= 11 is 6.00. The van der Waals surface area contributed by atoms with Crippen molar-refractivity contribution in [2.24, 2.45) is 0 Å². The molecule has 0 fully saturated rings. The van der Waals surface area contributed by atoms with Gasteiger partial charge in [-0.25, -0.2) is 0 Å². The number of ether oxygens (including phenoxy) is 1. The first-order valence-electron chi connectivity index (χ1n) is 9.57. The predicted octanol–water partition coefficient (Wildman–Crippen LogP) is 3.13. The molecule has 2 aromatic carbocycles. The third-order valence-electron chi connectivity index (χ3n) is 5.01. The molecule has 2 heterocycles. The van der Waals surface area contributed by atoms with Gasteiger partial charge in [-0.15, -0.1) is 0 Å². The number of aromatic nitrogens is 2. The molecule has 0 unspecified atom stereocenters. The van der Waals surface area contributed by atoms with E-state index >= 15 is 0 Å². The first-order chi connectivity index (χ1) is 14.5. The van der Waals surface area contributed by atoms with E-state index in [0.29, 0.717) is 48.2 Å². The highest BCUT2D eigenvalue weighted by Gasteiger charge is 2.26. The molecule has 0 spiro atoms. The molecule has 154 valence electrons. The average molecular weight is 425 g/mol. The molecule has 3 aromatic rings. The average Bonchev–Trinajstić information content (AvgIpc) is 3.21. The number of carbonyl (C=O) groups is 2. The van der Waals surface area contributed by atoms with Gasteiger partial charge in [0.15, 0.2) is 5.69 Å². The molecule has 1 aliphatic rings. The van der Waals surface area contributed by atoms with Crippen LogP contribution in [-0.2, 0) is 19.6 Å². The molecule has 1 N–H and O–H groups in total. The number of amides is 2. The second-order valence-corrected chi connectivity index (χ2v) is 7.42. The van der Waals surface area contributed by atoms with Gasteiger partial charge in [0.05, 0.1) is 31.5 Å². The lowest BCUT2D eigenvalue weighted by Gasteiger charge is -2.28. The van der Waals surface area contributed by atoms with Gasteiger partial charge in [-0.1, -0.05) is 41.9 Å². The molecule has 0 radical (unpaired) electrons. The fourth-order valence-electron chi connectivity index (χ4n) is 3.43. The smallest absolute Gasteiger partial charge is 0.272 e. The van der Waals surface area contributed by atoms with Gasteiger partial charge in [0, 0.05) is 18.1 Å². The summed E-state index contributed by atoms with van der Waals surface area (Å²) in [5, 5.41) is 7.79. The number of hydrogen-bond acceptors (Lipinski definition) is 4. The maximum atomic E-state index is 13.0. The van der Waals surface area contributed by atoms with Crippen molar-refractivity contribution in [2.75, 3.05) is 13.7 Å². The number of benzene rings is 2. The van der Waals surface area contributed by atoms with Crippen LogP contribution in [0.5, 0.6) is 5.75 Å². The Bertz CT molecular complexity index is 1080. The molecule has 0 saturated heterocycles. The lowest BCUT2D eigenvalue weighted by molar-refractivity contribution is 0.0702. The van der Waals surface area contributed by atoms with Crippen LogP contribution >= 0.6 is 11.6 Å². The summed E-state index contributed by atoms with van der Waals surface area (Å²) in [5.41, 5.74) is 2.63. The van der Waals surface area contributed by atoms with E-state index in [1.807, 2.05) is 30.3 Å². The molecule has 30 heavy (non-hydrogen) atoms. The normalized spacial score (nSPS) is 12.9. The highest BCUT2D eigenvalue weighted by Crippen LogP contribution is 2.26. The molecule has 1 aromatic heterocycles. The van der Waals surface area contributed by atoms with Crippen molar-refractivity contribution in [2.45, 2.75) is 19.6 Å². The van der Waals surface area contributed by atoms with Crippen LogP contribution < -0.4 is 10.1 Å². The fourth-order valence-corrected chi connectivity index (χ4v) is 3.59. The summed E-state index contributed by atoms with van der Waals surface area (Å²) in [7, 11) is 1.51. The van der Waals surface area contributed by atoms with E-state index in [4.69, 9.17) is 16.3 Å². The van der Waals surface area contributed by atoms with Crippen LogP contribution in [0.3, 0.4) is 0 Å². The summed E-state index contributed by atoms with van der Waals surface area (Å²) in [6.07, 6.45) is 0. The Hall–Kier alpha value is -3.32. The van der Waals surface area contributed by atoms with Gasteiger partial charge in [-0.05, 0) is 29.8 Å². The van der Waals surface area contributed by atoms with Gasteiger partial charge in [-0.2, -0.15) is 5.10 Å². The first-order valence-corrected chi connectivity index (χ1v) is 9.94. The number of nitrogens with zero attached hydrogens (tertiary/aromatic N) is 3. The topological polar surface area (TPSA) is 76.5 Å². The number of fused-ring (bicyclic) bond motifs is 1. The molecule has 0 atom stereocenters. The van der Waals surface area contributed by atoms with E-state index in [-0.39, 0.29) is 11.8 Å². The van der Waals surface area contributed by atoms with Crippen LogP contribution in [0.25, 0.3) is 0 Å². The van der Waals surface area contributed by atoms with Crippen molar-refractivity contribution < 1.29 is 14.3 Å². The Morgan fingerprint density at radius 1 is 1.13 bits per heavy atom. The SMILES string of the molecule is COc1cc(Cl)ccc1C(=O)N1CCn2nc(C(=O)NCc3ccccc3)cc2C1. The molecule has 0 bridgehead atoms. The largest absolute Gasteiger partial charge is 0.496 e. The number of hydrogen-bond donors (Lipinski definition) is 1.